The molecular weight excluding hydrogens is 421 g/mol. The minimum Gasteiger partial charge on any atom is -0.305 e. The monoisotopic (exact) mass is 438 g/mol. The smallest absolute Gasteiger partial charge is 0.305 e. The second-order valence-electron chi connectivity index (χ2n) is 7.60. The van der Waals surface area contributed by atoms with Gasteiger partial charge in [0.25, 0.3) is 5.91 Å². The zero-order chi connectivity index (χ0) is 22.5. The number of allylic oxidation sites excluding steroid dienone is 1. The van der Waals surface area contributed by atoms with Crippen LogP contribution in [0.2, 0.25) is 0 Å². The zero-order valence-electron chi connectivity index (χ0n) is 16.9. The van der Waals surface area contributed by atoms with Gasteiger partial charge in [-0.3, -0.25) is 24.4 Å². The van der Waals surface area contributed by atoms with E-state index in [0.29, 0.717) is 41.3 Å². The van der Waals surface area contributed by atoms with Gasteiger partial charge in [0.15, 0.2) is 0 Å². The third-order valence-electron chi connectivity index (χ3n) is 5.49. The van der Waals surface area contributed by atoms with E-state index >= 15 is 0 Å². The van der Waals surface area contributed by atoms with Gasteiger partial charge in [-0.1, -0.05) is 6.08 Å². The van der Waals surface area contributed by atoms with Crippen LogP contribution in [-0.4, -0.2) is 37.9 Å². The largest absolute Gasteiger partial charge is 0.416 e. The Bertz CT molecular complexity index is 1240. The molecule has 2 aliphatic heterocycles. The fourth-order valence-corrected chi connectivity index (χ4v) is 3.91. The summed E-state index contributed by atoms with van der Waals surface area (Å²) >= 11 is 0. The lowest BCUT2D eigenvalue weighted by atomic mass is 10.1. The molecule has 10 heteroatoms. The van der Waals surface area contributed by atoms with Crippen LogP contribution in [0.1, 0.15) is 46.7 Å². The summed E-state index contributed by atoms with van der Waals surface area (Å²) in [6.45, 7) is 2.20. The van der Waals surface area contributed by atoms with Crippen molar-refractivity contribution in [1.82, 2.24) is 19.7 Å². The van der Waals surface area contributed by atoms with Crippen LogP contribution >= 0.6 is 0 Å². The van der Waals surface area contributed by atoms with E-state index in [1.807, 2.05) is 13.0 Å². The lowest BCUT2D eigenvalue weighted by Crippen LogP contribution is -2.43. The topological polar surface area (TPSA) is 76.3 Å². The molecule has 0 aliphatic carbocycles. The van der Waals surface area contributed by atoms with Crippen LogP contribution in [0.25, 0.3) is 5.70 Å². The lowest BCUT2D eigenvalue weighted by molar-refractivity contribution is -0.137. The summed E-state index contributed by atoms with van der Waals surface area (Å²) in [4.78, 5) is 27.8. The number of fused-ring (bicyclic) bond motifs is 1. The molecule has 0 saturated carbocycles. The molecule has 0 N–H and O–H groups in total. The van der Waals surface area contributed by atoms with Crippen LogP contribution in [-0.2, 0) is 6.18 Å². The van der Waals surface area contributed by atoms with E-state index in [2.05, 4.69) is 20.1 Å². The maximum Gasteiger partial charge on any atom is 0.416 e. The molecule has 1 amide bonds. The Hall–Kier alpha value is -3.82. The van der Waals surface area contributed by atoms with Gasteiger partial charge in [-0.05, 0) is 31.2 Å². The predicted molar refractivity (Wildman–Crippen MR) is 111 cm³/mol. The summed E-state index contributed by atoms with van der Waals surface area (Å²) in [7, 11) is 0. The Kier molecular flexibility index (Phi) is 4.65. The molecule has 7 nitrogen and oxygen atoms in total. The molecule has 3 aromatic rings. The molecule has 1 aromatic carbocycles. The van der Waals surface area contributed by atoms with Crippen LogP contribution in [0.3, 0.4) is 0 Å². The normalized spacial score (nSPS) is 18.4. The molecular formula is C22H17F3N6O. The van der Waals surface area contributed by atoms with Gasteiger partial charge < -0.3 is 4.90 Å². The molecule has 1 atom stereocenters. The van der Waals surface area contributed by atoms with Crippen molar-refractivity contribution >= 4 is 23.0 Å². The van der Waals surface area contributed by atoms with Gasteiger partial charge in [-0.2, -0.15) is 18.3 Å². The van der Waals surface area contributed by atoms with Crippen molar-refractivity contribution in [3.05, 3.63) is 77.6 Å². The van der Waals surface area contributed by atoms with E-state index in [1.165, 1.54) is 17.0 Å². The third kappa shape index (κ3) is 3.37. The molecule has 5 rings (SSSR count). The molecule has 0 fully saturated rings. The first-order chi connectivity index (χ1) is 15.3. The number of carbonyl (C=O) groups excluding carboxylic acids is 1. The molecule has 0 radical (unpaired) electrons. The van der Waals surface area contributed by atoms with Crippen LogP contribution < -0.4 is 4.90 Å². The van der Waals surface area contributed by atoms with Crippen molar-refractivity contribution in [1.29, 1.82) is 0 Å². The molecule has 0 unspecified atom stereocenters. The standard InChI is InChI=1S/C22H17F3N6O/c1-13-12-30(15-4-2-14(3-5-15)22(23,24)25)21(32)20-16(10-28-31(13)20)17-6-7-18(29-17)19-11-26-8-9-27-19/h2-6,8-11,13H,7,12H2,1H3/t13-/m0/s1. The van der Waals surface area contributed by atoms with Crippen LogP contribution in [0.15, 0.2) is 60.1 Å². The maximum absolute atomic E-state index is 13.4. The second kappa shape index (κ2) is 7.40. The number of nitrogens with zero attached hydrogens (tertiary/aromatic N) is 6. The number of rotatable bonds is 3. The average Bonchev–Trinajstić information content (AvgIpc) is 3.44. The van der Waals surface area contributed by atoms with Crippen molar-refractivity contribution in [3.63, 3.8) is 0 Å². The average molecular weight is 438 g/mol. The molecule has 2 aliphatic rings. The summed E-state index contributed by atoms with van der Waals surface area (Å²) in [6.07, 6.45) is 4.42. The van der Waals surface area contributed by atoms with Gasteiger partial charge in [0.2, 0.25) is 0 Å². The number of alkyl halides is 3. The van der Waals surface area contributed by atoms with Gasteiger partial charge >= 0.3 is 6.18 Å². The first-order valence-corrected chi connectivity index (χ1v) is 9.94. The van der Waals surface area contributed by atoms with Gasteiger partial charge in [0, 0.05) is 31.0 Å². The maximum atomic E-state index is 13.4. The highest BCUT2D eigenvalue weighted by Gasteiger charge is 2.36. The fourth-order valence-electron chi connectivity index (χ4n) is 3.91. The van der Waals surface area contributed by atoms with Crippen molar-refractivity contribution in [2.75, 3.05) is 11.4 Å². The summed E-state index contributed by atoms with van der Waals surface area (Å²) in [5.74, 6) is -0.334. The van der Waals surface area contributed by atoms with Crippen LogP contribution in [0.5, 0.6) is 0 Å². The Morgan fingerprint density at radius 1 is 1.09 bits per heavy atom. The van der Waals surface area contributed by atoms with Crippen LogP contribution in [0, 0.1) is 0 Å². The number of halogens is 3. The molecule has 32 heavy (non-hydrogen) atoms. The van der Waals surface area contributed by atoms with E-state index in [4.69, 9.17) is 0 Å². The van der Waals surface area contributed by atoms with Gasteiger partial charge in [0.1, 0.15) is 11.4 Å². The molecule has 2 aromatic heterocycles. The lowest BCUT2D eigenvalue weighted by Gasteiger charge is -2.32. The Labute approximate surface area is 180 Å². The number of anilines is 1. The van der Waals surface area contributed by atoms with E-state index in [0.717, 1.165) is 17.8 Å². The molecule has 0 bridgehead atoms. The van der Waals surface area contributed by atoms with Crippen molar-refractivity contribution in [2.45, 2.75) is 25.6 Å². The Morgan fingerprint density at radius 2 is 1.88 bits per heavy atom. The van der Waals surface area contributed by atoms with E-state index in [-0.39, 0.29) is 11.9 Å². The first-order valence-electron chi connectivity index (χ1n) is 9.94. The van der Waals surface area contributed by atoms with E-state index in [9.17, 15) is 18.0 Å². The molecule has 4 heterocycles. The van der Waals surface area contributed by atoms with Crippen molar-refractivity contribution < 1.29 is 18.0 Å². The Morgan fingerprint density at radius 3 is 2.56 bits per heavy atom. The summed E-state index contributed by atoms with van der Waals surface area (Å²) < 4.78 is 40.4. The molecule has 162 valence electrons. The number of benzene rings is 1. The third-order valence-corrected chi connectivity index (χ3v) is 5.49. The number of aromatic nitrogens is 4. The zero-order valence-corrected chi connectivity index (χ0v) is 16.9. The highest BCUT2D eigenvalue weighted by molar-refractivity contribution is 6.11. The van der Waals surface area contributed by atoms with Crippen molar-refractivity contribution in [3.8, 4) is 0 Å². The van der Waals surface area contributed by atoms with E-state index in [1.54, 1.807) is 29.5 Å². The summed E-state index contributed by atoms with van der Waals surface area (Å²) in [5.41, 5.74) is 2.59. The number of hydrogen-bond donors (Lipinski definition) is 0. The highest BCUT2D eigenvalue weighted by atomic mass is 19.4. The SMILES string of the molecule is C[C@H]1CN(c2ccc(C(F)(F)F)cc2)C(=O)c2c(C3=CCC(c4cnccn4)=N3)cnn21. The number of amides is 1. The Balaban J connectivity index is 1.48. The highest BCUT2D eigenvalue weighted by Crippen LogP contribution is 2.35. The van der Waals surface area contributed by atoms with Crippen molar-refractivity contribution in [2.24, 2.45) is 4.99 Å². The van der Waals surface area contributed by atoms with E-state index < -0.39 is 11.7 Å². The second-order valence-corrected chi connectivity index (χ2v) is 7.60. The minimum absolute atomic E-state index is 0.163. The fraction of sp³-hybridized carbons (Fsp3) is 0.227. The minimum atomic E-state index is -4.43. The quantitative estimate of drug-likeness (QED) is 0.616. The number of hydrogen-bond acceptors (Lipinski definition) is 5. The molecule has 0 saturated heterocycles. The molecule has 0 spiro atoms. The summed E-state index contributed by atoms with van der Waals surface area (Å²) in [5, 5.41) is 4.39. The van der Waals surface area contributed by atoms with Gasteiger partial charge in [-0.15, -0.1) is 0 Å². The summed E-state index contributed by atoms with van der Waals surface area (Å²) in [6, 6.07) is 4.44. The number of aliphatic imine (C=N–C) groups is 1. The predicted octanol–water partition coefficient (Wildman–Crippen LogP) is 4.15. The van der Waals surface area contributed by atoms with Crippen LogP contribution in [0.4, 0.5) is 18.9 Å². The van der Waals surface area contributed by atoms with Gasteiger partial charge in [-0.25, -0.2) is 0 Å². The van der Waals surface area contributed by atoms with Gasteiger partial charge in [0.05, 0.1) is 41.0 Å². The first kappa shape index (κ1) is 20.1. The number of carbonyl (C=O) groups is 1.